The van der Waals surface area contributed by atoms with Crippen molar-refractivity contribution in [2.24, 2.45) is 0 Å². The van der Waals surface area contributed by atoms with Gasteiger partial charge in [-0.2, -0.15) is 0 Å². The van der Waals surface area contributed by atoms with Crippen molar-refractivity contribution in [2.45, 2.75) is 6.92 Å². The highest BCUT2D eigenvalue weighted by Crippen LogP contribution is 2.36. The van der Waals surface area contributed by atoms with Crippen LogP contribution in [-0.2, 0) is 9.53 Å². The Morgan fingerprint density at radius 3 is 2.25 bits per heavy atom. The second kappa shape index (κ2) is 10.2. The van der Waals surface area contributed by atoms with Crippen LogP contribution in [0.5, 0.6) is 5.75 Å². The van der Waals surface area contributed by atoms with Crippen LogP contribution < -0.4 is 15.4 Å². The van der Waals surface area contributed by atoms with E-state index in [1.54, 1.807) is 19.1 Å². The van der Waals surface area contributed by atoms with Crippen LogP contribution in [-0.4, -0.2) is 31.1 Å². The molecule has 0 spiro atoms. The molecule has 0 fully saturated rings. The van der Waals surface area contributed by atoms with Gasteiger partial charge in [-0.05, 0) is 31.2 Å². The number of benzene rings is 2. The van der Waals surface area contributed by atoms with Crippen molar-refractivity contribution in [3.05, 3.63) is 57.0 Å². The van der Waals surface area contributed by atoms with Crippen LogP contribution in [0.25, 0.3) is 0 Å². The number of amides is 3. The van der Waals surface area contributed by atoms with Crippen molar-refractivity contribution in [3.8, 4) is 5.75 Å². The van der Waals surface area contributed by atoms with Crippen LogP contribution in [0.4, 0.5) is 10.5 Å². The highest BCUT2D eigenvalue weighted by Gasteiger charge is 2.16. The molecule has 0 bridgehead atoms. The van der Waals surface area contributed by atoms with Crippen molar-refractivity contribution >= 4 is 58.4 Å². The largest absolute Gasteiger partial charge is 0.479 e. The number of hydrogen-bond donors (Lipinski definition) is 2. The molecule has 2 rings (SSSR count). The summed E-state index contributed by atoms with van der Waals surface area (Å²) in [6.07, 6.45) is 0. The zero-order valence-electron chi connectivity index (χ0n) is 14.6. The first-order chi connectivity index (χ1) is 13.3. The summed E-state index contributed by atoms with van der Waals surface area (Å²) in [4.78, 5) is 35.5. The number of anilines is 1. The minimum atomic E-state index is -0.808. The number of rotatable bonds is 6. The van der Waals surface area contributed by atoms with Gasteiger partial charge in [-0.15, -0.1) is 0 Å². The number of esters is 1. The average molecular weight is 446 g/mol. The van der Waals surface area contributed by atoms with Gasteiger partial charge in [0.2, 0.25) is 0 Å². The first-order valence-electron chi connectivity index (χ1n) is 7.96. The number of carbonyl (C=O) groups excluding carboxylic acids is 3. The topological polar surface area (TPSA) is 93.7 Å². The molecular formula is C18H15Cl3N2O5. The average Bonchev–Trinajstić information content (AvgIpc) is 2.61. The van der Waals surface area contributed by atoms with E-state index in [0.717, 1.165) is 0 Å². The Labute approximate surface area is 175 Å². The van der Waals surface area contributed by atoms with Crippen LogP contribution >= 0.6 is 34.8 Å². The lowest BCUT2D eigenvalue weighted by atomic mass is 10.2. The van der Waals surface area contributed by atoms with Gasteiger partial charge in [0.1, 0.15) is 0 Å². The standard InChI is InChI=1S/C18H15Cl3N2O5/c1-2-27-15(24)9-28-16-13(20)7-10(8-14(16)21)22-18(26)23-17(25)11-5-3-4-6-12(11)19/h3-8H,2,9H2,1H3,(H2,22,23,25,26). The van der Waals surface area contributed by atoms with E-state index in [1.165, 1.54) is 24.3 Å². The maximum atomic E-state index is 12.1. The summed E-state index contributed by atoms with van der Waals surface area (Å²) >= 11 is 18.1. The third kappa shape index (κ3) is 6.02. The van der Waals surface area contributed by atoms with E-state index in [2.05, 4.69) is 10.6 Å². The van der Waals surface area contributed by atoms with Crippen molar-refractivity contribution in [3.63, 3.8) is 0 Å². The summed E-state index contributed by atoms with van der Waals surface area (Å²) in [7, 11) is 0. The summed E-state index contributed by atoms with van der Waals surface area (Å²) in [5.41, 5.74) is 0.362. The van der Waals surface area contributed by atoms with E-state index in [0.29, 0.717) is 0 Å². The Kier molecular flexibility index (Phi) is 7.92. The Balaban J connectivity index is 2.02. The van der Waals surface area contributed by atoms with Gasteiger partial charge in [-0.3, -0.25) is 10.1 Å². The van der Waals surface area contributed by atoms with E-state index in [9.17, 15) is 14.4 Å². The monoisotopic (exact) mass is 444 g/mol. The number of hydrogen-bond acceptors (Lipinski definition) is 5. The minimum Gasteiger partial charge on any atom is -0.479 e. The Morgan fingerprint density at radius 1 is 1.00 bits per heavy atom. The quantitative estimate of drug-likeness (QED) is 0.636. The van der Waals surface area contributed by atoms with Crippen molar-refractivity contribution in [1.29, 1.82) is 0 Å². The molecule has 10 heteroatoms. The Morgan fingerprint density at radius 2 is 1.64 bits per heavy atom. The Bertz CT molecular complexity index is 882. The van der Waals surface area contributed by atoms with Gasteiger partial charge in [-0.1, -0.05) is 46.9 Å². The molecule has 2 aromatic carbocycles. The molecule has 2 N–H and O–H groups in total. The van der Waals surface area contributed by atoms with Gasteiger partial charge >= 0.3 is 12.0 Å². The maximum Gasteiger partial charge on any atom is 0.344 e. The third-order valence-electron chi connectivity index (χ3n) is 3.24. The van der Waals surface area contributed by atoms with Crippen molar-refractivity contribution in [1.82, 2.24) is 5.32 Å². The lowest BCUT2D eigenvalue weighted by Gasteiger charge is -2.12. The third-order valence-corrected chi connectivity index (χ3v) is 4.13. The van der Waals surface area contributed by atoms with Gasteiger partial charge < -0.3 is 14.8 Å². The molecule has 0 aliphatic rings. The van der Waals surface area contributed by atoms with Gasteiger partial charge in [0.15, 0.2) is 12.4 Å². The summed E-state index contributed by atoms with van der Waals surface area (Å²) in [5, 5.41) is 4.90. The molecule has 3 amide bonds. The van der Waals surface area contributed by atoms with E-state index >= 15 is 0 Å². The van der Waals surface area contributed by atoms with Gasteiger partial charge in [-0.25, -0.2) is 9.59 Å². The number of imide groups is 1. The Hall–Kier alpha value is -2.48. The predicted octanol–water partition coefficient (Wildman–Crippen LogP) is 4.55. The van der Waals surface area contributed by atoms with Crippen molar-refractivity contribution in [2.75, 3.05) is 18.5 Å². The fourth-order valence-corrected chi connectivity index (χ4v) is 2.90. The van der Waals surface area contributed by atoms with Crippen LogP contribution in [0.3, 0.4) is 0 Å². The molecule has 0 aromatic heterocycles. The van der Waals surface area contributed by atoms with E-state index in [-0.39, 0.29) is 45.3 Å². The molecule has 0 radical (unpaired) electrons. The molecule has 0 heterocycles. The van der Waals surface area contributed by atoms with Crippen LogP contribution in [0, 0.1) is 0 Å². The lowest BCUT2D eigenvalue weighted by Crippen LogP contribution is -2.34. The summed E-state index contributed by atoms with van der Waals surface area (Å²) < 4.78 is 9.99. The number of carbonyl (C=O) groups is 3. The smallest absolute Gasteiger partial charge is 0.344 e. The first-order valence-corrected chi connectivity index (χ1v) is 9.09. The van der Waals surface area contributed by atoms with E-state index < -0.39 is 17.9 Å². The zero-order valence-corrected chi connectivity index (χ0v) is 16.8. The van der Waals surface area contributed by atoms with E-state index in [1.807, 2.05) is 0 Å². The second-order valence-electron chi connectivity index (χ2n) is 5.25. The molecular weight excluding hydrogens is 431 g/mol. The van der Waals surface area contributed by atoms with Gasteiger partial charge in [0.25, 0.3) is 5.91 Å². The summed E-state index contributed by atoms with van der Waals surface area (Å²) in [6.45, 7) is 1.52. The minimum absolute atomic E-state index is 0.0597. The molecule has 0 aliphatic heterocycles. The molecule has 0 atom stereocenters. The molecule has 0 saturated carbocycles. The second-order valence-corrected chi connectivity index (χ2v) is 6.47. The molecule has 7 nitrogen and oxygen atoms in total. The normalized spacial score (nSPS) is 10.1. The fraction of sp³-hybridized carbons (Fsp3) is 0.167. The van der Waals surface area contributed by atoms with Crippen molar-refractivity contribution < 1.29 is 23.9 Å². The first kappa shape index (κ1) is 21.8. The molecule has 2 aromatic rings. The number of halogens is 3. The molecule has 28 heavy (non-hydrogen) atoms. The highest BCUT2D eigenvalue weighted by molar-refractivity contribution is 6.37. The molecule has 0 unspecified atom stereocenters. The van der Waals surface area contributed by atoms with Gasteiger partial charge in [0.05, 0.1) is 27.2 Å². The number of nitrogens with one attached hydrogen (secondary N) is 2. The van der Waals surface area contributed by atoms with Crippen LogP contribution in [0.1, 0.15) is 17.3 Å². The maximum absolute atomic E-state index is 12.1. The summed E-state index contributed by atoms with van der Waals surface area (Å²) in [6, 6.07) is 8.19. The zero-order chi connectivity index (χ0) is 20.7. The highest BCUT2D eigenvalue weighted by atomic mass is 35.5. The number of urea groups is 1. The molecule has 0 aliphatic carbocycles. The van der Waals surface area contributed by atoms with Crippen LogP contribution in [0.15, 0.2) is 36.4 Å². The molecule has 148 valence electrons. The number of ether oxygens (including phenoxy) is 2. The molecule has 0 saturated heterocycles. The fourth-order valence-electron chi connectivity index (χ4n) is 2.08. The lowest BCUT2D eigenvalue weighted by molar-refractivity contribution is -0.145. The van der Waals surface area contributed by atoms with Gasteiger partial charge in [0, 0.05) is 5.69 Å². The SMILES string of the molecule is CCOC(=O)COc1c(Cl)cc(NC(=O)NC(=O)c2ccccc2Cl)cc1Cl. The predicted molar refractivity (Wildman–Crippen MR) is 107 cm³/mol. The van der Waals surface area contributed by atoms with E-state index in [4.69, 9.17) is 44.3 Å². The summed E-state index contributed by atoms with van der Waals surface area (Å²) in [5.74, 6) is -1.18. The van der Waals surface area contributed by atoms with Crippen LogP contribution in [0.2, 0.25) is 15.1 Å².